The summed E-state index contributed by atoms with van der Waals surface area (Å²) in [5.74, 6) is 0. The van der Waals surface area contributed by atoms with Crippen LogP contribution >= 0.6 is 0 Å². The molecule has 2 nitrogen and oxygen atoms in total. The number of allylic oxidation sites excluding steroid dienone is 1. The molecule has 0 N–H and O–H groups in total. The molecule has 0 aliphatic carbocycles. The first-order chi connectivity index (χ1) is 9.95. The van der Waals surface area contributed by atoms with Crippen molar-refractivity contribution in [2.45, 2.75) is 41.2 Å². The molecule has 0 bridgehead atoms. The fraction of sp³-hybridized carbons (Fsp3) is 0.556. The van der Waals surface area contributed by atoms with Crippen LogP contribution in [0.2, 0.25) is 6.55 Å². The molecule has 0 spiro atoms. The summed E-state index contributed by atoms with van der Waals surface area (Å²) in [7, 11) is -1.84. The molecule has 0 aliphatic rings. The van der Waals surface area contributed by atoms with Crippen LogP contribution in [-0.4, -0.2) is 43.7 Å². The van der Waals surface area contributed by atoms with Crippen molar-refractivity contribution in [2.75, 3.05) is 26.2 Å². The molecule has 21 heavy (non-hydrogen) atoms. The van der Waals surface area contributed by atoms with Crippen molar-refractivity contribution >= 4 is 19.2 Å². The van der Waals surface area contributed by atoms with Crippen LogP contribution in [0.25, 0.3) is 5.57 Å². The number of hydrogen-bond acceptors (Lipinski definition) is 2. The van der Waals surface area contributed by atoms with Gasteiger partial charge in [-0.15, -0.1) is 0 Å². The van der Waals surface area contributed by atoms with E-state index in [4.69, 9.17) is 0 Å². The molecule has 0 saturated heterocycles. The molecular formula is C18H32N2Si. The second-order valence-electron chi connectivity index (χ2n) is 5.73. The molecule has 0 amide bonds. The highest BCUT2D eigenvalue weighted by atomic mass is 28.3. The molecule has 0 saturated carbocycles. The highest BCUT2D eigenvalue weighted by Gasteiger charge is 2.40. The van der Waals surface area contributed by atoms with Gasteiger partial charge in [-0.1, -0.05) is 64.1 Å². The molecule has 0 heterocycles. The molecule has 1 rings (SSSR count). The molecule has 0 atom stereocenters. The molecule has 0 radical (unpaired) electrons. The third kappa shape index (κ3) is 3.65. The van der Waals surface area contributed by atoms with Gasteiger partial charge in [-0.2, -0.15) is 0 Å². The largest absolute Gasteiger partial charge is 0.309 e. The number of rotatable bonds is 8. The van der Waals surface area contributed by atoms with Gasteiger partial charge >= 0.3 is 0 Å². The predicted molar refractivity (Wildman–Crippen MR) is 98.2 cm³/mol. The van der Waals surface area contributed by atoms with Crippen LogP contribution in [-0.2, 0) is 0 Å². The Morgan fingerprint density at radius 2 is 1.48 bits per heavy atom. The van der Waals surface area contributed by atoms with E-state index >= 15 is 0 Å². The first-order valence-corrected chi connectivity index (χ1v) is 10.6. The summed E-state index contributed by atoms with van der Waals surface area (Å²) in [6, 6.07) is 9.04. The first kappa shape index (κ1) is 18.1. The standard InChI is InChI=1S/C18H32N2Si/c1-8-19(9-2)21(7,20(10-3)11-4)18-14-12-13-17(15-18)16(5)6/h12-15H,5,8-11H2,1-4,6-7H3. The van der Waals surface area contributed by atoms with Crippen LogP contribution < -0.4 is 5.19 Å². The second kappa shape index (κ2) is 7.92. The lowest BCUT2D eigenvalue weighted by Gasteiger charge is -2.46. The summed E-state index contributed by atoms with van der Waals surface area (Å²) in [5, 5.41) is 1.50. The summed E-state index contributed by atoms with van der Waals surface area (Å²) >= 11 is 0. The highest BCUT2D eigenvalue weighted by molar-refractivity contribution is 6.86. The average molecular weight is 305 g/mol. The Labute approximate surface area is 132 Å². The molecule has 3 heteroatoms. The third-order valence-electron chi connectivity index (χ3n) is 4.66. The summed E-state index contributed by atoms with van der Waals surface area (Å²) in [6.45, 7) is 22.2. The van der Waals surface area contributed by atoms with E-state index in [1.54, 1.807) is 0 Å². The predicted octanol–water partition coefficient (Wildman–Crippen LogP) is 3.68. The second-order valence-corrected chi connectivity index (χ2v) is 9.61. The summed E-state index contributed by atoms with van der Waals surface area (Å²) < 4.78 is 5.36. The zero-order valence-electron chi connectivity index (χ0n) is 14.7. The fourth-order valence-electron chi connectivity index (χ4n) is 3.32. The maximum absolute atomic E-state index is 4.11. The summed E-state index contributed by atoms with van der Waals surface area (Å²) in [6.07, 6.45) is 0. The normalized spacial score (nSPS) is 12.2. The van der Waals surface area contributed by atoms with E-state index in [0.717, 1.165) is 31.8 Å². The first-order valence-electron chi connectivity index (χ1n) is 8.22. The maximum atomic E-state index is 4.11. The lowest BCUT2D eigenvalue weighted by molar-refractivity contribution is 0.367. The Morgan fingerprint density at radius 1 is 1.00 bits per heavy atom. The molecule has 0 unspecified atom stereocenters. The monoisotopic (exact) mass is 304 g/mol. The van der Waals surface area contributed by atoms with E-state index < -0.39 is 8.40 Å². The van der Waals surface area contributed by atoms with Crippen LogP contribution in [0.1, 0.15) is 40.2 Å². The third-order valence-corrected chi connectivity index (χ3v) is 9.79. The van der Waals surface area contributed by atoms with Gasteiger partial charge in [-0.3, -0.25) is 0 Å². The maximum Gasteiger partial charge on any atom is 0.236 e. The Morgan fingerprint density at radius 3 is 1.86 bits per heavy atom. The van der Waals surface area contributed by atoms with Crippen molar-refractivity contribution in [2.24, 2.45) is 0 Å². The van der Waals surface area contributed by atoms with Crippen LogP contribution in [0, 0.1) is 0 Å². The molecule has 0 aromatic heterocycles. The van der Waals surface area contributed by atoms with Gasteiger partial charge in [0.05, 0.1) is 0 Å². The van der Waals surface area contributed by atoms with Gasteiger partial charge in [0.1, 0.15) is 0 Å². The highest BCUT2D eigenvalue weighted by Crippen LogP contribution is 2.18. The van der Waals surface area contributed by atoms with Gasteiger partial charge in [0.2, 0.25) is 8.40 Å². The minimum Gasteiger partial charge on any atom is -0.309 e. The van der Waals surface area contributed by atoms with E-state index in [1.807, 2.05) is 0 Å². The van der Waals surface area contributed by atoms with Crippen LogP contribution in [0.5, 0.6) is 0 Å². The Balaban J connectivity index is 3.42. The lowest BCUT2D eigenvalue weighted by atomic mass is 10.1. The van der Waals surface area contributed by atoms with Gasteiger partial charge in [0, 0.05) is 0 Å². The van der Waals surface area contributed by atoms with E-state index in [1.165, 1.54) is 10.8 Å². The van der Waals surface area contributed by atoms with Crippen molar-refractivity contribution in [3.63, 3.8) is 0 Å². The van der Waals surface area contributed by atoms with Gasteiger partial charge < -0.3 is 9.13 Å². The lowest BCUT2D eigenvalue weighted by Crippen LogP contribution is -2.70. The number of benzene rings is 1. The van der Waals surface area contributed by atoms with Crippen LogP contribution in [0.3, 0.4) is 0 Å². The molecule has 0 aliphatic heterocycles. The van der Waals surface area contributed by atoms with Crippen LogP contribution in [0.15, 0.2) is 30.8 Å². The molecule has 1 aromatic rings. The van der Waals surface area contributed by atoms with E-state index in [-0.39, 0.29) is 0 Å². The van der Waals surface area contributed by atoms with Gasteiger partial charge in [-0.05, 0) is 50.4 Å². The van der Waals surface area contributed by atoms with E-state index in [0.29, 0.717) is 0 Å². The topological polar surface area (TPSA) is 6.48 Å². The molecule has 0 fully saturated rings. The van der Waals surface area contributed by atoms with Crippen LogP contribution in [0.4, 0.5) is 0 Å². The van der Waals surface area contributed by atoms with Crippen molar-refractivity contribution in [1.29, 1.82) is 0 Å². The quantitative estimate of drug-likeness (QED) is 0.676. The van der Waals surface area contributed by atoms with E-state index in [2.05, 4.69) is 81.1 Å². The fourth-order valence-corrected chi connectivity index (χ4v) is 7.76. The average Bonchev–Trinajstić information content (AvgIpc) is 2.49. The van der Waals surface area contributed by atoms with Crippen molar-refractivity contribution in [3.05, 3.63) is 36.4 Å². The minimum absolute atomic E-state index is 1.10. The zero-order valence-corrected chi connectivity index (χ0v) is 15.7. The van der Waals surface area contributed by atoms with Crippen molar-refractivity contribution < 1.29 is 0 Å². The van der Waals surface area contributed by atoms with Gasteiger partial charge in [-0.25, -0.2) is 0 Å². The Hall–Kier alpha value is -0.903. The Kier molecular flexibility index (Phi) is 6.85. The minimum atomic E-state index is -1.84. The van der Waals surface area contributed by atoms with Gasteiger partial charge in [0.15, 0.2) is 0 Å². The smallest absolute Gasteiger partial charge is 0.236 e. The summed E-state index contributed by atoms with van der Waals surface area (Å²) in [4.78, 5) is 0. The number of nitrogens with zero attached hydrogens (tertiary/aromatic N) is 2. The number of hydrogen-bond donors (Lipinski definition) is 0. The molecule has 1 aromatic carbocycles. The zero-order chi connectivity index (χ0) is 16.0. The van der Waals surface area contributed by atoms with E-state index in [9.17, 15) is 0 Å². The van der Waals surface area contributed by atoms with Crippen molar-refractivity contribution in [1.82, 2.24) is 9.13 Å². The van der Waals surface area contributed by atoms with Crippen molar-refractivity contribution in [3.8, 4) is 0 Å². The Bertz CT molecular complexity index is 450. The van der Waals surface area contributed by atoms with Gasteiger partial charge in [0.25, 0.3) is 0 Å². The SMILES string of the molecule is C=C(C)c1cccc([Si](C)(N(CC)CC)N(CC)CC)c1. The molecule has 118 valence electrons. The summed E-state index contributed by atoms with van der Waals surface area (Å²) in [5.41, 5.74) is 2.41. The molecular weight excluding hydrogens is 272 g/mol.